The minimum absolute atomic E-state index is 0.176. The maximum atomic E-state index is 12.2. The molecule has 0 aliphatic rings. The molecule has 3 aromatic rings. The van der Waals surface area contributed by atoms with E-state index in [9.17, 15) is 4.79 Å². The molecule has 1 atom stereocenters. The largest absolute Gasteiger partial charge is 0.481 e. The molecule has 0 saturated carbocycles. The molecule has 1 heterocycles. The fourth-order valence-corrected chi connectivity index (χ4v) is 2.98. The van der Waals surface area contributed by atoms with E-state index >= 15 is 0 Å². The Hall–Kier alpha value is -2.40. The Morgan fingerprint density at radius 2 is 2.00 bits per heavy atom. The van der Waals surface area contributed by atoms with Crippen molar-refractivity contribution in [3.63, 3.8) is 0 Å². The Morgan fingerprint density at radius 3 is 2.77 bits per heavy atom. The quantitative estimate of drug-likeness (QED) is 0.792. The van der Waals surface area contributed by atoms with Crippen LogP contribution in [0.25, 0.3) is 10.2 Å². The van der Waals surface area contributed by atoms with Gasteiger partial charge in [-0.05, 0) is 44.2 Å². The number of ether oxygens (including phenoxy) is 1. The van der Waals surface area contributed by atoms with E-state index in [0.717, 1.165) is 20.9 Å². The summed E-state index contributed by atoms with van der Waals surface area (Å²) in [6, 6.07) is 15.0. The maximum Gasteiger partial charge on any atom is 0.265 e. The first-order chi connectivity index (χ1) is 10.6. The zero-order valence-electron chi connectivity index (χ0n) is 12.4. The lowest BCUT2D eigenvalue weighted by molar-refractivity contribution is -0.122. The average Bonchev–Trinajstić information content (AvgIpc) is 2.87. The number of aryl methyl sites for hydroxylation is 1. The standard InChI is InChI=1S/C17H16N2O2S/c1-11(21-14-6-4-3-5-7-14)17(20)19-13-8-9-15-16(10-13)22-12(2)18-15/h3-11H,1-2H3,(H,19,20). The second-order valence-electron chi connectivity index (χ2n) is 4.98. The molecule has 2 aromatic carbocycles. The third-order valence-electron chi connectivity index (χ3n) is 3.19. The van der Waals surface area contributed by atoms with Crippen LogP contribution in [0.4, 0.5) is 5.69 Å². The van der Waals surface area contributed by atoms with Gasteiger partial charge in [-0.3, -0.25) is 4.79 Å². The number of rotatable bonds is 4. The van der Waals surface area contributed by atoms with Gasteiger partial charge in [0.2, 0.25) is 0 Å². The molecule has 5 heteroatoms. The van der Waals surface area contributed by atoms with Crippen LogP contribution in [0.5, 0.6) is 5.75 Å². The second-order valence-corrected chi connectivity index (χ2v) is 6.21. The third kappa shape index (κ3) is 3.26. The van der Waals surface area contributed by atoms with Gasteiger partial charge in [0.15, 0.2) is 6.10 Å². The number of carbonyl (C=O) groups excluding carboxylic acids is 1. The summed E-state index contributed by atoms with van der Waals surface area (Å²) < 4.78 is 6.68. The van der Waals surface area contributed by atoms with Crippen molar-refractivity contribution in [3.8, 4) is 5.75 Å². The van der Waals surface area contributed by atoms with Gasteiger partial charge in [-0.2, -0.15) is 0 Å². The molecule has 1 aromatic heterocycles. The number of benzene rings is 2. The van der Waals surface area contributed by atoms with E-state index in [4.69, 9.17) is 4.74 Å². The summed E-state index contributed by atoms with van der Waals surface area (Å²) >= 11 is 1.61. The van der Waals surface area contributed by atoms with E-state index in [-0.39, 0.29) is 5.91 Å². The smallest absolute Gasteiger partial charge is 0.265 e. The molecule has 1 amide bonds. The number of nitrogens with zero attached hydrogens (tertiary/aromatic N) is 1. The van der Waals surface area contributed by atoms with E-state index in [1.54, 1.807) is 18.3 Å². The zero-order valence-corrected chi connectivity index (χ0v) is 13.2. The van der Waals surface area contributed by atoms with Crippen LogP contribution in [-0.2, 0) is 4.79 Å². The zero-order chi connectivity index (χ0) is 15.5. The van der Waals surface area contributed by atoms with Crippen molar-refractivity contribution in [3.05, 3.63) is 53.5 Å². The van der Waals surface area contributed by atoms with Crippen molar-refractivity contribution in [2.24, 2.45) is 0 Å². The van der Waals surface area contributed by atoms with Gasteiger partial charge in [0, 0.05) is 5.69 Å². The van der Waals surface area contributed by atoms with Crippen LogP contribution in [-0.4, -0.2) is 17.0 Å². The van der Waals surface area contributed by atoms with Crippen molar-refractivity contribution in [1.82, 2.24) is 4.98 Å². The SMILES string of the molecule is Cc1nc2ccc(NC(=O)C(C)Oc3ccccc3)cc2s1. The number of nitrogens with one attached hydrogen (secondary N) is 1. The molecule has 0 spiro atoms. The third-order valence-corrected chi connectivity index (χ3v) is 4.12. The first-order valence-electron chi connectivity index (χ1n) is 7.01. The van der Waals surface area contributed by atoms with Crippen LogP contribution in [0.2, 0.25) is 0 Å². The molecule has 112 valence electrons. The lowest BCUT2D eigenvalue weighted by Crippen LogP contribution is -2.30. The molecule has 0 saturated heterocycles. The van der Waals surface area contributed by atoms with Gasteiger partial charge in [-0.15, -0.1) is 11.3 Å². The van der Waals surface area contributed by atoms with Crippen LogP contribution in [0.3, 0.4) is 0 Å². The molecule has 1 N–H and O–H groups in total. The molecule has 4 nitrogen and oxygen atoms in total. The number of hydrogen-bond donors (Lipinski definition) is 1. The Morgan fingerprint density at radius 1 is 1.23 bits per heavy atom. The maximum absolute atomic E-state index is 12.2. The summed E-state index contributed by atoms with van der Waals surface area (Å²) in [7, 11) is 0. The summed E-state index contributed by atoms with van der Waals surface area (Å²) in [6.45, 7) is 3.70. The fraction of sp³-hybridized carbons (Fsp3) is 0.176. The van der Waals surface area contributed by atoms with Crippen LogP contribution >= 0.6 is 11.3 Å². The number of aromatic nitrogens is 1. The van der Waals surface area contributed by atoms with Crippen molar-refractivity contribution in [1.29, 1.82) is 0 Å². The van der Waals surface area contributed by atoms with Crippen LogP contribution in [0.1, 0.15) is 11.9 Å². The molecular formula is C17H16N2O2S. The van der Waals surface area contributed by atoms with Gasteiger partial charge in [0.1, 0.15) is 5.75 Å². The molecule has 3 rings (SSSR count). The Bertz CT molecular complexity index is 799. The number of thiazole rings is 1. The first kappa shape index (κ1) is 14.5. The molecule has 0 bridgehead atoms. The highest BCUT2D eigenvalue weighted by molar-refractivity contribution is 7.18. The molecule has 0 fully saturated rings. The molecule has 0 aliphatic carbocycles. The minimum atomic E-state index is -0.568. The normalized spacial score (nSPS) is 12.1. The van der Waals surface area contributed by atoms with Crippen molar-refractivity contribution in [2.45, 2.75) is 20.0 Å². The first-order valence-corrected chi connectivity index (χ1v) is 7.83. The van der Waals surface area contributed by atoms with Crippen molar-refractivity contribution >= 4 is 33.1 Å². The topological polar surface area (TPSA) is 51.2 Å². The molecule has 0 radical (unpaired) electrons. The summed E-state index contributed by atoms with van der Waals surface area (Å²) in [5, 5.41) is 3.89. The van der Waals surface area contributed by atoms with E-state index < -0.39 is 6.10 Å². The number of para-hydroxylation sites is 1. The predicted octanol–water partition coefficient (Wildman–Crippen LogP) is 4.01. The van der Waals surface area contributed by atoms with Crippen molar-refractivity contribution in [2.75, 3.05) is 5.32 Å². The number of fused-ring (bicyclic) bond motifs is 1. The Labute approximate surface area is 132 Å². The summed E-state index contributed by atoms with van der Waals surface area (Å²) in [5.74, 6) is 0.503. The number of carbonyl (C=O) groups is 1. The minimum Gasteiger partial charge on any atom is -0.481 e. The predicted molar refractivity (Wildman–Crippen MR) is 89.5 cm³/mol. The number of hydrogen-bond acceptors (Lipinski definition) is 4. The molecule has 22 heavy (non-hydrogen) atoms. The molecular weight excluding hydrogens is 296 g/mol. The fourth-order valence-electron chi connectivity index (χ4n) is 2.12. The Balaban J connectivity index is 1.69. The van der Waals surface area contributed by atoms with E-state index in [1.165, 1.54) is 0 Å². The Kier molecular flexibility index (Phi) is 4.06. The van der Waals surface area contributed by atoms with Crippen molar-refractivity contribution < 1.29 is 9.53 Å². The lowest BCUT2D eigenvalue weighted by Gasteiger charge is -2.14. The number of amides is 1. The van der Waals surface area contributed by atoms with Gasteiger partial charge >= 0.3 is 0 Å². The molecule has 1 unspecified atom stereocenters. The van der Waals surface area contributed by atoms with Crippen LogP contribution in [0, 0.1) is 6.92 Å². The van der Waals surface area contributed by atoms with Gasteiger partial charge in [-0.25, -0.2) is 4.98 Å². The lowest BCUT2D eigenvalue weighted by atomic mass is 10.2. The van der Waals surface area contributed by atoms with Gasteiger partial charge in [-0.1, -0.05) is 18.2 Å². The number of anilines is 1. The highest BCUT2D eigenvalue weighted by Crippen LogP contribution is 2.25. The van der Waals surface area contributed by atoms with E-state index in [1.807, 2.05) is 55.5 Å². The van der Waals surface area contributed by atoms with Crippen LogP contribution in [0.15, 0.2) is 48.5 Å². The summed E-state index contributed by atoms with van der Waals surface area (Å²) in [6.07, 6.45) is -0.568. The summed E-state index contributed by atoms with van der Waals surface area (Å²) in [4.78, 5) is 16.6. The van der Waals surface area contributed by atoms with E-state index in [2.05, 4.69) is 10.3 Å². The monoisotopic (exact) mass is 312 g/mol. The van der Waals surface area contributed by atoms with E-state index in [0.29, 0.717) is 5.75 Å². The van der Waals surface area contributed by atoms with Gasteiger partial charge in [0.25, 0.3) is 5.91 Å². The van der Waals surface area contributed by atoms with Crippen LogP contribution < -0.4 is 10.1 Å². The second kappa shape index (κ2) is 6.15. The average molecular weight is 312 g/mol. The van der Waals surface area contributed by atoms with Gasteiger partial charge in [0.05, 0.1) is 15.2 Å². The van der Waals surface area contributed by atoms with Gasteiger partial charge < -0.3 is 10.1 Å². The molecule has 0 aliphatic heterocycles. The summed E-state index contributed by atoms with van der Waals surface area (Å²) in [5.41, 5.74) is 1.71. The highest BCUT2D eigenvalue weighted by Gasteiger charge is 2.15. The highest BCUT2D eigenvalue weighted by atomic mass is 32.1.